The van der Waals surface area contributed by atoms with Gasteiger partial charge in [0.15, 0.2) is 0 Å². The fraction of sp³-hybridized carbons (Fsp3) is 0.579. The Morgan fingerprint density at radius 2 is 2.31 bits per heavy atom. The predicted octanol–water partition coefficient (Wildman–Crippen LogP) is 1.51. The summed E-state index contributed by atoms with van der Waals surface area (Å²) in [5.41, 5.74) is 2.80. The van der Waals surface area contributed by atoms with Gasteiger partial charge in [0.1, 0.15) is 11.5 Å². The van der Waals surface area contributed by atoms with Crippen LogP contribution in [0.2, 0.25) is 0 Å². The van der Waals surface area contributed by atoms with Crippen molar-refractivity contribution in [2.75, 3.05) is 32.8 Å². The van der Waals surface area contributed by atoms with Crippen molar-refractivity contribution < 1.29 is 14.1 Å². The SMILES string of the molecule is Cc1noc(C)c1CN1C[C@H]2COC[C@@]2(CNC(=O)c2cccn2C)C1. The van der Waals surface area contributed by atoms with Gasteiger partial charge in [-0.3, -0.25) is 9.69 Å². The average Bonchev–Trinajstić information content (AvgIpc) is 3.34. The molecule has 4 heterocycles. The van der Waals surface area contributed by atoms with Gasteiger partial charge in [-0.1, -0.05) is 5.16 Å². The number of nitrogens with one attached hydrogen (secondary N) is 1. The third-order valence-corrected chi connectivity index (χ3v) is 5.93. The van der Waals surface area contributed by atoms with Gasteiger partial charge in [-0.2, -0.15) is 0 Å². The maximum Gasteiger partial charge on any atom is 0.267 e. The van der Waals surface area contributed by atoms with Gasteiger partial charge >= 0.3 is 0 Å². The van der Waals surface area contributed by atoms with Crippen LogP contribution < -0.4 is 5.32 Å². The second-order valence-electron chi connectivity index (χ2n) is 7.73. The van der Waals surface area contributed by atoms with Crippen LogP contribution in [-0.4, -0.2) is 53.4 Å². The van der Waals surface area contributed by atoms with Crippen molar-refractivity contribution in [3.8, 4) is 0 Å². The predicted molar refractivity (Wildman–Crippen MR) is 95.7 cm³/mol. The quantitative estimate of drug-likeness (QED) is 0.877. The van der Waals surface area contributed by atoms with E-state index in [0.717, 1.165) is 37.7 Å². The van der Waals surface area contributed by atoms with Crippen LogP contribution in [0.3, 0.4) is 0 Å². The second-order valence-corrected chi connectivity index (χ2v) is 7.73. The van der Waals surface area contributed by atoms with Crippen LogP contribution in [0.1, 0.15) is 27.5 Å². The number of fused-ring (bicyclic) bond motifs is 1. The van der Waals surface area contributed by atoms with Crippen molar-refractivity contribution in [1.82, 2.24) is 19.9 Å². The number of ether oxygens (including phenoxy) is 1. The fourth-order valence-electron chi connectivity index (χ4n) is 4.31. The highest BCUT2D eigenvalue weighted by molar-refractivity contribution is 5.92. The van der Waals surface area contributed by atoms with E-state index >= 15 is 0 Å². The Bertz CT molecular complexity index is 792. The summed E-state index contributed by atoms with van der Waals surface area (Å²) in [4.78, 5) is 14.9. The summed E-state index contributed by atoms with van der Waals surface area (Å²) < 4.78 is 12.9. The largest absolute Gasteiger partial charge is 0.380 e. The highest BCUT2D eigenvalue weighted by Gasteiger charge is 2.50. The summed E-state index contributed by atoms with van der Waals surface area (Å²) in [6.07, 6.45) is 1.88. The molecule has 2 fully saturated rings. The minimum atomic E-state index is -0.0262. The Balaban J connectivity index is 1.43. The average molecular weight is 358 g/mol. The van der Waals surface area contributed by atoms with Crippen LogP contribution in [0.25, 0.3) is 0 Å². The lowest BCUT2D eigenvalue weighted by Crippen LogP contribution is -2.43. The van der Waals surface area contributed by atoms with E-state index in [-0.39, 0.29) is 11.3 Å². The normalized spacial score (nSPS) is 25.6. The molecule has 2 saturated heterocycles. The molecule has 2 aliphatic heterocycles. The monoisotopic (exact) mass is 358 g/mol. The summed E-state index contributed by atoms with van der Waals surface area (Å²) in [5, 5.41) is 7.19. The molecule has 2 aromatic rings. The third-order valence-electron chi connectivity index (χ3n) is 5.93. The Kier molecular flexibility index (Phi) is 4.36. The second kappa shape index (κ2) is 6.55. The van der Waals surface area contributed by atoms with Gasteiger partial charge in [0.25, 0.3) is 5.91 Å². The minimum Gasteiger partial charge on any atom is -0.380 e. The highest BCUT2D eigenvalue weighted by Crippen LogP contribution is 2.41. The highest BCUT2D eigenvalue weighted by atomic mass is 16.5. The number of aryl methyl sites for hydroxylation is 3. The molecule has 2 aromatic heterocycles. The molecule has 7 nitrogen and oxygen atoms in total. The summed E-state index contributed by atoms with van der Waals surface area (Å²) in [6, 6.07) is 3.73. The zero-order chi connectivity index (χ0) is 18.3. The van der Waals surface area contributed by atoms with E-state index in [1.165, 1.54) is 5.56 Å². The molecular weight excluding hydrogens is 332 g/mol. The first-order valence-electron chi connectivity index (χ1n) is 9.10. The van der Waals surface area contributed by atoms with Crippen LogP contribution in [0.4, 0.5) is 0 Å². The van der Waals surface area contributed by atoms with Crippen LogP contribution >= 0.6 is 0 Å². The maximum absolute atomic E-state index is 12.5. The first kappa shape index (κ1) is 17.3. The lowest BCUT2D eigenvalue weighted by atomic mass is 9.81. The number of nitrogens with zero attached hydrogens (tertiary/aromatic N) is 3. The molecule has 0 aromatic carbocycles. The molecule has 0 spiro atoms. The fourth-order valence-corrected chi connectivity index (χ4v) is 4.31. The number of hydrogen-bond donors (Lipinski definition) is 1. The molecule has 0 saturated carbocycles. The van der Waals surface area contributed by atoms with Gasteiger partial charge in [-0.25, -0.2) is 0 Å². The molecule has 0 radical (unpaired) electrons. The lowest BCUT2D eigenvalue weighted by Gasteiger charge is -2.27. The summed E-state index contributed by atoms with van der Waals surface area (Å²) in [5.74, 6) is 1.31. The minimum absolute atomic E-state index is 0.0141. The van der Waals surface area contributed by atoms with E-state index in [1.807, 2.05) is 43.8 Å². The van der Waals surface area contributed by atoms with Crippen molar-refractivity contribution in [1.29, 1.82) is 0 Å². The van der Waals surface area contributed by atoms with Gasteiger partial charge in [-0.05, 0) is 26.0 Å². The first-order valence-corrected chi connectivity index (χ1v) is 9.10. The number of carbonyl (C=O) groups is 1. The van der Waals surface area contributed by atoms with Crippen LogP contribution in [0.15, 0.2) is 22.9 Å². The number of likely N-dealkylation sites (tertiary alicyclic amines) is 1. The molecule has 140 valence electrons. The Labute approximate surface area is 153 Å². The van der Waals surface area contributed by atoms with E-state index < -0.39 is 0 Å². The lowest BCUT2D eigenvalue weighted by molar-refractivity contribution is 0.0896. The summed E-state index contributed by atoms with van der Waals surface area (Å²) in [7, 11) is 1.88. The van der Waals surface area contributed by atoms with Crippen molar-refractivity contribution in [2.45, 2.75) is 20.4 Å². The standard InChI is InChI=1S/C19H26N4O3/c1-13-16(14(2)26-21-13)8-23-7-15-9-25-12-19(15,11-23)10-20-18(24)17-5-4-6-22(17)3/h4-6,15H,7-12H2,1-3H3,(H,20,24)/t15-,19+/m0/s1. The van der Waals surface area contributed by atoms with Crippen molar-refractivity contribution in [3.05, 3.63) is 41.0 Å². The molecule has 1 N–H and O–H groups in total. The number of rotatable bonds is 5. The van der Waals surface area contributed by atoms with Crippen molar-refractivity contribution in [2.24, 2.45) is 18.4 Å². The molecule has 0 aliphatic carbocycles. The molecule has 26 heavy (non-hydrogen) atoms. The van der Waals surface area contributed by atoms with E-state index in [4.69, 9.17) is 9.26 Å². The van der Waals surface area contributed by atoms with Gasteiger partial charge in [0.2, 0.25) is 0 Å². The van der Waals surface area contributed by atoms with Gasteiger partial charge in [0.05, 0.1) is 18.9 Å². The Morgan fingerprint density at radius 3 is 3.00 bits per heavy atom. The molecule has 0 unspecified atom stereocenters. The number of amides is 1. The molecule has 2 atom stereocenters. The van der Waals surface area contributed by atoms with E-state index in [0.29, 0.717) is 24.8 Å². The molecule has 1 amide bonds. The number of aromatic nitrogens is 2. The zero-order valence-corrected chi connectivity index (χ0v) is 15.6. The van der Waals surface area contributed by atoms with Gasteiger partial charge in [-0.15, -0.1) is 0 Å². The van der Waals surface area contributed by atoms with Crippen molar-refractivity contribution in [3.63, 3.8) is 0 Å². The number of hydrogen-bond acceptors (Lipinski definition) is 5. The van der Waals surface area contributed by atoms with Gasteiger partial charge in [0, 0.05) is 56.3 Å². The number of carbonyl (C=O) groups excluding carboxylic acids is 1. The van der Waals surface area contributed by atoms with Gasteiger partial charge < -0.3 is 19.1 Å². The van der Waals surface area contributed by atoms with E-state index in [2.05, 4.69) is 15.4 Å². The molecule has 4 rings (SSSR count). The summed E-state index contributed by atoms with van der Waals surface area (Å²) >= 11 is 0. The molecular formula is C19H26N4O3. The smallest absolute Gasteiger partial charge is 0.267 e. The topological polar surface area (TPSA) is 72.5 Å². The summed E-state index contributed by atoms with van der Waals surface area (Å²) in [6.45, 7) is 8.78. The van der Waals surface area contributed by atoms with Crippen LogP contribution in [0.5, 0.6) is 0 Å². The first-order chi connectivity index (χ1) is 12.5. The van der Waals surface area contributed by atoms with E-state index in [9.17, 15) is 4.79 Å². The van der Waals surface area contributed by atoms with Crippen molar-refractivity contribution >= 4 is 5.91 Å². The molecule has 7 heteroatoms. The Hall–Kier alpha value is -2.12. The maximum atomic E-state index is 12.5. The molecule has 0 bridgehead atoms. The van der Waals surface area contributed by atoms with Crippen LogP contribution in [0, 0.1) is 25.2 Å². The third kappa shape index (κ3) is 2.95. The molecule has 2 aliphatic rings. The van der Waals surface area contributed by atoms with Crippen LogP contribution in [-0.2, 0) is 18.3 Å². The van der Waals surface area contributed by atoms with E-state index in [1.54, 1.807) is 0 Å². The zero-order valence-electron chi connectivity index (χ0n) is 15.6. The Morgan fingerprint density at radius 1 is 1.46 bits per heavy atom.